The van der Waals surface area contributed by atoms with Gasteiger partial charge in [-0.25, -0.2) is 8.42 Å². The zero-order chi connectivity index (χ0) is 15.6. The summed E-state index contributed by atoms with van der Waals surface area (Å²) in [6, 6.07) is 5.73. The van der Waals surface area contributed by atoms with Crippen LogP contribution in [0.2, 0.25) is 0 Å². The highest BCUT2D eigenvalue weighted by molar-refractivity contribution is 9.10. The van der Waals surface area contributed by atoms with Gasteiger partial charge in [-0.2, -0.15) is 4.31 Å². The van der Waals surface area contributed by atoms with Crippen LogP contribution in [0.25, 0.3) is 0 Å². The predicted molar refractivity (Wildman–Crippen MR) is 89.0 cm³/mol. The van der Waals surface area contributed by atoms with Gasteiger partial charge >= 0.3 is 0 Å². The fraction of sp³-hybridized carbons (Fsp3) is 0.600. The summed E-state index contributed by atoms with van der Waals surface area (Å²) < 4.78 is 27.9. The second-order valence-corrected chi connectivity index (χ2v) is 8.40. The van der Waals surface area contributed by atoms with Crippen LogP contribution in [0.3, 0.4) is 0 Å². The van der Waals surface area contributed by atoms with Crippen molar-refractivity contribution in [2.24, 2.45) is 0 Å². The summed E-state index contributed by atoms with van der Waals surface area (Å²) >= 11 is 3.41. The molecule has 1 atom stereocenters. The van der Waals surface area contributed by atoms with Crippen LogP contribution < -0.4 is 0 Å². The van der Waals surface area contributed by atoms with Crippen molar-refractivity contribution in [2.45, 2.75) is 38.1 Å². The van der Waals surface area contributed by atoms with E-state index >= 15 is 0 Å². The second kappa shape index (κ2) is 6.77. The standard InChI is InChI=1S/C15H23BrN2O2S/c1-4-13(3)17-7-9-18(10-8-17)21(19,20)14-5-6-15(16)12(2)11-14/h5-6,11,13H,4,7-10H2,1-3H3. The number of rotatable bonds is 4. The largest absolute Gasteiger partial charge is 0.298 e. The number of aryl methyl sites for hydroxylation is 1. The van der Waals surface area contributed by atoms with Crippen LogP contribution in [0.4, 0.5) is 0 Å². The Morgan fingerprint density at radius 3 is 2.38 bits per heavy atom. The first-order chi connectivity index (χ1) is 9.86. The lowest BCUT2D eigenvalue weighted by Gasteiger charge is -2.37. The molecule has 1 unspecified atom stereocenters. The summed E-state index contributed by atoms with van der Waals surface area (Å²) in [5.41, 5.74) is 0.939. The summed E-state index contributed by atoms with van der Waals surface area (Å²) in [5.74, 6) is 0. The monoisotopic (exact) mass is 374 g/mol. The summed E-state index contributed by atoms with van der Waals surface area (Å²) in [4.78, 5) is 2.75. The second-order valence-electron chi connectivity index (χ2n) is 5.61. The van der Waals surface area contributed by atoms with E-state index in [-0.39, 0.29) is 0 Å². The van der Waals surface area contributed by atoms with E-state index < -0.39 is 10.0 Å². The zero-order valence-corrected chi connectivity index (χ0v) is 15.2. The Balaban J connectivity index is 2.13. The molecule has 1 fully saturated rings. The van der Waals surface area contributed by atoms with Crippen LogP contribution in [0.5, 0.6) is 0 Å². The molecule has 0 N–H and O–H groups in total. The molecule has 4 nitrogen and oxygen atoms in total. The molecule has 1 aliphatic rings. The van der Waals surface area contributed by atoms with Gasteiger partial charge in [0.05, 0.1) is 4.90 Å². The van der Waals surface area contributed by atoms with Gasteiger partial charge in [0.1, 0.15) is 0 Å². The van der Waals surface area contributed by atoms with Gasteiger partial charge in [0.15, 0.2) is 0 Å². The molecule has 0 amide bonds. The third kappa shape index (κ3) is 3.67. The molecule has 118 valence electrons. The van der Waals surface area contributed by atoms with Gasteiger partial charge in [0, 0.05) is 36.7 Å². The Labute approximate surface area is 136 Å². The molecule has 0 aromatic heterocycles. The lowest BCUT2D eigenvalue weighted by Crippen LogP contribution is -2.51. The van der Waals surface area contributed by atoms with Crippen molar-refractivity contribution in [3.8, 4) is 0 Å². The topological polar surface area (TPSA) is 40.6 Å². The minimum atomic E-state index is -3.37. The number of hydrogen-bond donors (Lipinski definition) is 0. The highest BCUT2D eigenvalue weighted by atomic mass is 79.9. The minimum Gasteiger partial charge on any atom is -0.298 e. The molecule has 1 aromatic rings. The number of halogens is 1. The predicted octanol–water partition coefficient (Wildman–Crippen LogP) is 2.86. The Morgan fingerprint density at radius 2 is 1.86 bits per heavy atom. The molecule has 1 aliphatic heterocycles. The van der Waals surface area contributed by atoms with E-state index in [9.17, 15) is 8.42 Å². The molecule has 2 rings (SSSR count). The molecular formula is C15H23BrN2O2S. The Kier molecular flexibility index (Phi) is 5.46. The van der Waals surface area contributed by atoms with E-state index in [4.69, 9.17) is 0 Å². The van der Waals surface area contributed by atoms with Gasteiger partial charge in [-0.05, 0) is 44.0 Å². The molecule has 1 saturated heterocycles. The maximum atomic E-state index is 12.7. The molecule has 21 heavy (non-hydrogen) atoms. The van der Waals surface area contributed by atoms with Crippen molar-refractivity contribution >= 4 is 26.0 Å². The average Bonchev–Trinajstić information content (AvgIpc) is 2.49. The van der Waals surface area contributed by atoms with Gasteiger partial charge in [0.2, 0.25) is 10.0 Å². The van der Waals surface area contributed by atoms with E-state index in [1.54, 1.807) is 22.5 Å². The van der Waals surface area contributed by atoms with Crippen molar-refractivity contribution in [1.82, 2.24) is 9.21 Å². The SMILES string of the molecule is CCC(C)N1CCN(S(=O)(=O)c2ccc(Br)c(C)c2)CC1. The Bertz CT molecular complexity index is 596. The van der Waals surface area contributed by atoms with Crippen LogP contribution in [-0.2, 0) is 10.0 Å². The van der Waals surface area contributed by atoms with E-state index in [0.29, 0.717) is 24.0 Å². The maximum absolute atomic E-state index is 12.7. The van der Waals surface area contributed by atoms with Crippen molar-refractivity contribution in [3.05, 3.63) is 28.2 Å². The lowest BCUT2D eigenvalue weighted by atomic mass is 10.2. The smallest absolute Gasteiger partial charge is 0.243 e. The van der Waals surface area contributed by atoms with Gasteiger partial charge in [-0.3, -0.25) is 4.90 Å². The summed E-state index contributed by atoms with van der Waals surface area (Å²) in [7, 11) is -3.37. The zero-order valence-electron chi connectivity index (χ0n) is 12.8. The van der Waals surface area contributed by atoms with E-state index in [1.165, 1.54) is 0 Å². The maximum Gasteiger partial charge on any atom is 0.243 e. The van der Waals surface area contributed by atoms with Crippen LogP contribution in [0.1, 0.15) is 25.8 Å². The number of piperazine rings is 1. The van der Waals surface area contributed by atoms with Crippen molar-refractivity contribution < 1.29 is 8.42 Å². The van der Waals surface area contributed by atoms with Gasteiger partial charge in [0.25, 0.3) is 0 Å². The van der Waals surface area contributed by atoms with E-state index in [2.05, 4.69) is 34.7 Å². The minimum absolute atomic E-state index is 0.389. The first-order valence-corrected chi connectivity index (χ1v) is 9.60. The van der Waals surface area contributed by atoms with Crippen LogP contribution in [0.15, 0.2) is 27.6 Å². The normalized spacial score (nSPS) is 19.6. The number of benzene rings is 1. The number of hydrogen-bond acceptors (Lipinski definition) is 3. The Hall–Kier alpha value is -0.430. The van der Waals surface area contributed by atoms with Crippen molar-refractivity contribution in [3.63, 3.8) is 0 Å². The fourth-order valence-electron chi connectivity index (χ4n) is 2.57. The summed E-state index contributed by atoms with van der Waals surface area (Å²) in [5, 5.41) is 0. The summed E-state index contributed by atoms with van der Waals surface area (Å²) in [6.45, 7) is 9.03. The molecular weight excluding hydrogens is 352 g/mol. The third-order valence-corrected chi connectivity index (χ3v) is 7.04. The molecule has 0 saturated carbocycles. The highest BCUT2D eigenvalue weighted by Gasteiger charge is 2.29. The lowest BCUT2D eigenvalue weighted by molar-refractivity contribution is 0.142. The quantitative estimate of drug-likeness (QED) is 0.813. The van der Waals surface area contributed by atoms with Gasteiger partial charge in [-0.1, -0.05) is 22.9 Å². The average molecular weight is 375 g/mol. The third-order valence-electron chi connectivity index (χ3n) is 4.25. The fourth-order valence-corrected chi connectivity index (χ4v) is 4.32. The van der Waals surface area contributed by atoms with Crippen molar-refractivity contribution in [2.75, 3.05) is 26.2 Å². The first-order valence-electron chi connectivity index (χ1n) is 7.36. The molecule has 0 aliphatic carbocycles. The van der Waals surface area contributed by atoms with E-state index in [0.717, 1.165) is 29.5 Å². The first kappa shape index (κ1) is 16.9. The van der Waals surface area contributed by atoms with Gasteiger partial charge in [-0.15, -0.1) is 0 Å². The number of sulfonamides is 1. The van der Waals surface area contributed by atoms with Crippen LogP contribution >= 0.6 is 15.9 Å². The Morgan fingerprint density at radius 1 is 1.24 bits per heavy atom. The summed E-state index contributed by atoms with van der Waals surface area (Å²) in [6.07, 6.45) is 1.10. The molecule has 6 heteroatoms. The number of nitrogens with zero attached hydrogens (tertiary/aromatic N) is 2. The van der Waals surface area contributed by atoms with E-state index in [1.807, 2.05) is 6.92 Å². The highest BCUT2D eigenvalue weighted by Crippen LogP contribution is 2.23. The molecule has 0 spiro atoms. The van der Waals surface area contributed by atoms with Crippen LogP contribution in [0, 0.1) is 6.92 Å². The molecule has 0 radical (unpaired) electrons. The van der Waals surface area contributed by atoms with Gasteiger partial charge < -0.3 is 0 Å². The van der Waals surface area contributed by atoms with Crippen molar-refractivity contribution in [1.29, 1.82) is 0 Å². The molecule has 1 heterocycles. The molecule has 0 bridgehead atoms. The molecule has 1 aromatic carbocycles. The van der Waals surface area contributed by atoms with Crippen LogP contribution in [-0.4, -0.2) is 49.8 Å².